The Hall–Kier alpha value is -1.75. The molecule has 2 unspecified atom stereocenters. The molecule has 1 aromatic carbocycles. The van der Waals surface area contributed by atoms with Crippen LogP contribution in [0.3, 0.4) is 0 Å². The fraction of sp³-hybridized carbons (Fsp3) is 0.588. The van der Waals surface area contributed by atoms with Crippen molar-refractivity contribution >= 4 is 5.91 Å². The van der Waals surface area contributed by atoms with Gasteiger partial charge in [0.1, 0.15) is 0 Å². The minimum atomic E-state index is -0.171. The van der Waals surface area contributed by atoms with Crippen LogP contribution in [0.4, 0.5) is 0 Å². The Kier molecular flexibility index (Phi) is 3.45. The van der Waals surface area contributed by atoms with Crippen LogP contribution in [0.5, 0.6) is 0 Å². The fourth-order valence-electron chi connectivity index (χ4n) is 3.65. The first-order chi connectivity index (χ1) is 10.7. The summed E-state index contributed by atoms with van der Waals surface area (Å²) in [6.45, 7) is 2.04. The smallest absolute Gasteiger partial charge is 0.226 e. The largest absolute Gasteiger partial charge is 0.374 e. The van der Waals surface area contributed by atoms with Crippen LogP contribution in [0.2, 0.25) is 0 Å². The molecule has 0 aromatic heterocycles. The molecular weight excluding hydrogens is 278 g/mol. The van der Waals surface area contributed by atoms with Gasteiger partial charge in [0, 0.05) is 31.8 Å². The van der Waals surface area contributed by atoms with Crippen molar-refractivity contribution < 1.29 is 9.53 Å². The highest BCUT2D eigenvalue weighted by molar-refractivity contribution is 5.79. The molecule has 2 aliphatic heterocycles. The summed E-state index contributed by atoms with van der Waals surface area (Å²) in [6.07, 6.45) is 3.65. The standard InChI is InChI=1S/C17H21N3O2/c21-16(14-6-7-17(11-14)18-19-17)20-8-9-22-15(12-20)10-13-4-2-1-3-5-13/h1-5,14-15H,6-12H2. The molecule has 2 atom stereocenters. The molecule has 0 radical (unpaired) electrons. The van der Waals surface area contributed by atoms with E-state index in [1.165, 1.54) is 5.56 Å². The Morgan fingerprint density at radius 3 is 2.86 bits per heavy atom. The second kappa shape index (κ2) is 5.47. The Balaban J connectivity index is 1.35. The van der Waals surface area contributed by atoms with Crippen molar-refractivity contribution in [2.45, 2.75) is 37.5 Å². The highest BCUT2D eigenvalue weighted by Gasteiger charge is 2.50. The van der Waals surface area contributed by atoms with Gasteiger partial charge in [-0.05, 0) is 18.4 Å². The molecule has 116 valence electrons. The van der Waals surface area contributed by atoms with Crippen LogP contribution >= 0.6 is 0 Å². The van der Waals surface area contributed by atoms with Crippen molar-refractivity contribution in [1.29, 1.82) is 0 Å². The monoisotopic (exact) mass is 299 g/mol. The zero-order chi connectivity index (χ0) is 15.0. The van der Waals surface area contributed by atoms with E-state index < -0.39 is 0 Å². The first kappa shape index (κ1) is 13.9. The van der Waals surface area contributed by atoms with Crippen LogP contribution < -0.4 is 0 Å². The van der Waals surface area contributed by atoms with Crippen molar-refractivity contribution in [2.75, 3.05) is 19.7 Å². The van der Waals surface area contributed by atoms with E-state index in [0.29, 0.717) is 19.7 Å². The minimum absolute atomic E-state index is 0.102. The number of nitrogens with zero attached hydrogens (tertiary/aromatic N) is 3. The highest BCUT2D eigenvalue weighted by atomic mass is 16.5. The molecule has 1 aromatic rings. The number of morpholine rings is 1. The molecule has 22 heavy (non-hydrogen) atoms. The van der Waals surface area contributed by atoms with Crippen molar-refractivity contribution in [3.05, 3.63) is 35.9 Å². The first-order valence-corrected chi connectivity index (χ1v) is 8.12. The summed E-state index contributed by atoms with van der Waals surface area (Å²) in [4.78, 5) is 14.7. The van der Waals surface area contributed by atoms with Crippen LogP contribution in [0.1, 0.15) is 24.8 Å². The second-order valence-corrected chi connectivity index (χ2v) is 6.59. The SMILES string of the molecule is O=C(C1CCC2(C1)N=N2)N1CCOC(Cc2ccccc2)C1. The third kappa shape index (κ3) is 2.77. The minimum Gasteiger partial charge on any atom is -0.374 e. The van der Waals surface area contributed by atoms with Crippen LogP contribution in [-0.4, -0.2) is 42.3 Å². The van der Waals surface area contributed by atoms with E-state index in [4.69, 9.17) is 4.74 Å². The van der Waals surface area contributed by atoms with E-state index in [1.54, 1.807) is 0 Å². The summed E-state index contributed by atoms with van der Waals surface area (Å²) < 4.78 is 5.85. The number of rotatable bonds is 3. The van der Waals surface area contributed by atoms with E-state index in [9.17, 15) is 4.79 Å². The average molecular weight is 299 g/mol. The van der Waals surface area contributed by atoms with Crippen LogP contribution in [-0.2, 0) is 16.0 Å². The summed E-state index contributed by atoms with van der Waals surface area (Å²) in [6, 6.07) is 10.3. The van der Waals surface area contributed by atoms with E-state index in [0.717, 1.165) is 25.7 Å². The van der Waals surface area contributed by atoms with E-state index in [2.05, 4.69) is 22.4 Å². The Bertz CT molecular complexity index is 581. The normalized spacial score (nSPS) is 29.0. The molecular formula is C17H21N3O2. The molecule has 1 amide bonds. The zero-order valence-electron chi connectivity index (χ0n) is 12.6. The van der Waals surface area contributed by atoms with Gasteiger partial charge in [-0.1, -0.05) is 30.3 Å². The third-order valence-corrected chi connectivity index (χ3v) is 4.96. The van der Waals surface area contributed by atoms with Gasteiger partial charge in [-0.15, -0.1) is 0 Å². The van der Waals surface area contributed by atoms with Gasteiger partial charge in [-0.3, -0.25) is 4.79 Å². The van der Waals surface area contributed by atoms with Crippen LogP contribution in [0.15, 0.2) is 40.6 Å². The number of benzene rings is 1. The summed E-state index contributed by atoms with van der Waals surface area (Å²) in [5, 5.41) is 8.22. The summed E-state index contributed by atoms with van der Waals surface area (Å²) in [5.41, 5.74) is 1.09. The lowest BCUT2D eigenvalue weighted by Crippen LogP contribution is -2.48. The third-order valence-electron chi connectivity index (χ3n) is 4.96. The maximum atomic E-state index is 12.7. The van der Waals surface area contributed by atoms with E-state index in [-0.39, 0.29) is 23.6 Å². The van der Waals surface area contributed by atoms with Crippen molar-refractivity contribution in [2.24, 2.45) is 16.1 Å². The predicted octanol–water partition coefficient (Wildman–Crippen LogP) is 2.42. The van der Waals surface area contributed by atoms with Crippen molar-refractivity contribution in [3.8, 4) is 0 Å². The number of carbonyl (C=O) groups excluding carboxylic acids is 1. The molecule has 3 aliphatic rings. The van der Waals surface area contributed by atoms with Crippen molar-refractivity contribution in [3.63, 3.8) is 0 Å². The zero-order valence-corrected chi connectivity index (χ0v) is 12.6. The van der Waals surface area contributed by atoms with Gasteiger partial charge >= 0.3 is 0 Å². The first-order valence-electron chi connectivity index (χ1n) is 8.12. The molecule has 1 saturated heterocycles. The lowest BCUT2D eigenvalue weighted by Gasteiger charge is -2.34. The Morgan fingerprint density at radius 1 is 1.32 bits per heavy atom. The van der Waals surface area contributed by atoms with Gasteiger partial charge in [0.25, 0.3) is 0 Å². The van der Waals surface area contributed by atoms with Crippen LogP contribution in [0, 0.1) is 5.92 Å². The lowest BCUT2D eigenvalue weighted by molar-refractivity contribution is -0.143. The van der Waals surface area contributed by atoms with Gasteiger partial charge < -0.3 is 9.64 Å². The maximum absolute atomic E-state index is 12.7. The summed E-state index contributed by atoms with van der Waals surface area (Å²) >= 11 is 0. The molecule has 1 aliphatic carbocycles. The predicted molar refractivity (Wildman–Crippen MR) is 81.4 cm³/mol. The molecule has 1 saturated carbocycles. The molecule has 5 heteroatoms. The lowest BCUT2D eigenvalue weighted by atomic mass is 10.0. The molecule has 5 nitrogen and oxygen atoms in total. The molecule has 1 spiro atoms. The van der Waals surface area contributed by atoms with Gasteiger partial charge in [0.15, 0.2) is 5.66 Å². The Morgan fingerprint density at radius 2 is 2.14 bits per heavy atom. The van der Waals surface area contributed by atoms with E-state index >= 15 is 0 Å². The van der Waals surface area contributed by atoms with Gasteiger partial charge in [0.05, 0.1) is 12.7 Å². The highest BCUT2D eigenvalue weighted by Crippen LogP contribution is 2.47. The molecule has 2 heterocycles. The number of carbonyl (C=O) groups is 1. The Labute approximate surface area is 130 Å². The maximum Gasteiger partial charge on any atom is 0.226 e. The van der Waals surface area contributed by atoms with Crippen molar-refractivity contribution in [1.82, 2.24) is 4.90 Å². The molecule has 2 fully saturated rings. The van der Waals surface area contributed by atoms with E-state index in [1.807, 2.05) is 23.1 Å². The number of ether oxygens (including phenoxy) is 1. The number of amides is 1. The topological polar surface area (TPSA) is 54.3 Å². The molecule has 4 rings (SSSR count). The fourth-order valence-corrected chi connectivity index (χ4v) is 3.65. The second-order valence-electron chi connectivity index (χ2n) is 6.59. The van der Waals surface area contributed by atoms with Crippen LogP contribution in [0.25, 0.3) is 0 Å². The average Bonchev–Trinajstić information content (AvgIpc) is 3.17. The molecule has 0 bridgehead atoms. The summed E-state index contributed by atoms with van der Waals surface area (Å²) in [7, 11) is 0. The van der Waals surface area contributed by atoms with Gasteiger partial charge in [-0.2, -0.15) is 10.2 Å². The number of hydrogen-bond donors (Lipinski definition) is 0. The number of hydrogen-bond acceptors (Lipinski definition) is 4. The van der Waals surface area contributed by atoms with Gasteiger partial charge in [0.2, 0.25) is 5.91 Å². The quantitative estimate of drug-likeness (QED) is 0.860. The molecule has 0 N–H and O–H groups in total. The summed E-state index contributed by atoms with van der Waals surface area (Å²) in [5.74, 6) is 0.376. The van der Waals surface area contributed by atoms with Gasteiger partial charge in [-0.25, -0.2) is 0 Å².